The van der Waals surface area contributed by atoms with Gasteiger partial charge in [0.05, 0.1) is 13.2 Å². The predicted octanol–water partition coefficient (Wildman–Crippen LogP) is -3.45. The number of aliphatic hydroxyl groups is 4. The van der Waals surface area contributed by atoms with Crippen LogP contribution in [-0.2, 0) is 28.7 Å². The Morgan fingerprint density at radius 1 is 0.844 bits per heavy atom. The predicted molar refractivity (Wildman–Crippen MR) is 110 cm³/mol. The molecule has 13 nitrogen and oxygen atoms in total. The number of hydrogen-bond donors (Lipinski definition) is 7. The van der Waals surface area contributed by atoms with Gasteiger partial charge in [0.1, 0.15) is 30.2 Å². The number of hydrogen-bond acceptors (Lipinski definition) is 10. The average molecular weight is 466 g/mol. The van der Waals surface area contributed by atoms with Crippen molar-refractivity contribution in [1.82, 2.24) is 16.0 Å². The molecule has 0 aromatic carbocycles. The van der Waals surface area contributed by atoms with Crippen LogP contribution in [0.4, 0.5) is 0 Å². The Morgan fingerprint density at radius 3 is 1.88 bits per heavy atom. The summed E-state index contributed by atoms with van der Waals surface area (Å²) in [6.07, 6.45) is -5.92. The zero-order chi connectivity index (χ0) is 24.7. The fraction of sp³-hybridized carbons (Fsp3) is 0.789. The summed E-state index contributed by atoms with van der Waals surface area (Å²) in [5.41, 5.74) is 0. The molecule has 186 valence electrons. The highest BCUT2D eigenvalue weighted by molar-refractivity contribution is 5.83. The topological polar surface area (TPSA) is 204 Å². The first-order valence-electron chi connectivity index (χ1n) is 10.2. The molecule has 0 saturated carbocycles. The molecule has 2 unspecified atom stereocenters. The van der Waals surface area contributed by atoms with Crippen LogP contribution in [0.15, 0.2) is 0 Å². The third-order valence-corrected chi connectivity index (χ3v) is 4.40. The lowest BCUT2D eigenvalue weighted by molar-refractivity contribution is -0.300. The van der Waals surface area contributed by atoms with Gasteiger partial charge in [-0.25, -0.2) is 0 Å². The summed E-state index contributed by atoms with van der Waals surface area (Å²) < 4.78 is 10.3. The van der Waals surface area contributed by atoms with Gasteiger partial charge in [0.25, 0.3) is 0 Å². The molecule has 0 spiro atoms. The Labute approximate surface area is 186 Å². The van der Waals surface area contributed by atoms with E-state index in [1.54, 1.807) is 7.05 Å². The maximum atomic E-state index is 11.4. The van der Waals surface area contributed by atoms with Crippen LogP contribution in [0, 0.1) is 0 Å². The minimum atomic E-state index is -1.51. The summed E-state index contributed by atoms with van der Waals surface area (Å²) in [7, 11) is 3.04. The van der Waals surface area contributed by atoms with E-state index < -0.39 is 37.3 Å². The molecule has 1 fully saturated rings. The standard InChI is InChI=1S/C13H24N2O8.C6H11NO2/c1-14-8(17)2-3-9(18)15-4-5-22-13-12(21)11(20)10(19)7(6-16)23-13;1-5(8)3-4-6(9)7-2/h7,10-13,16,19-21H,2-6H2,1H3,(H,14,17)(H,15,18);3-4H2,1-2H3,(H,7,9)/t7?,10-,11+,12?,13-;/m1./s1. The van der Waals surface area contributed by atoms with E-state index >= 15 is 0 Å². The quantitative estimate of drug-likeness (QED) is 0.150. The van der Waals surface area contributed by atoms with Crippen molar-refractivity contribution in [1.29, 1.82) is 0 Å². The minimum absolute atomic E-state index is 0.0194. The molecule has 0 aliphatic carbocycles. The van der Waals surface area contributed by atoms with Gasteiger partial charge in [-0.15, -0.1) is 0 Å². The Bertz CT molecular complexity index is 602. The molecular formula is C19H35N3O10. The van der Waals surface area contributed by atoms with E-state index in [2.05, 4.69) is 16.0 Å². The van der Waals surface area contributed by atoms with Crippen molar-refractivity contribution >= 4 is 23.5 Å². The smallest absolute Gasteiger partial charge is 0.220 e. The molecule has 0 radical (unpaired) electrons. The monoisotopic (exact) mass is 465 g/mol. The lowest BCUT2D eigenvalue weighted by Gasteiger charge is -2.39. The van der Waals surface area contributed by atoms with E-state index in [1.807, 2.05) is 0 Å². The van der Waals surface area contributed by atoms with Crippen molar-refractivity contribution < 1.29 is 49.1 Å². The normalized spacial score (nSPS) is 24.5. The van der Waals surface area contributed by atoms with Crippen LogP contribution in [0.25, 0.3) is 0 Å². The van der Waals surface area contributed by atoms with Gasteiger partial charge >= 0.3 is 0 Å². The molecule has 32 heavy (non-hydrogen) atoms. The highest BCUT2D eigenvalue weighted by Gasteiger charge is 2.43. The Hall–Kier alpha value is -2.16. The van der Waals surface area contributed by atoms with Gasteiger partial charge in [-0.3, -0.25) is 14.4 Å². The van der Waals surface area contributed by atoms with Crippen molar-refractivity contribution in [3.05, 3.63) is 0 Å². The van der Waals surface area contributed by atoms with Gasteiger partial charge in [-0.1, -0.05) is 0 Å². The lowest BCUT2D eigenvalue weighted by Crippen LogP contribution is -2.59. The minimum Gasteiger partial charge on any atom is -0.394 e. The maximum absolute atomic E-state index is 11.4. The number of nitrogens with one attached hydrogen (secondary N) is 3. The largest absolute Gasteiger partial charge is 0.394 e. The molecule has 1 rings (SSSR count). The molecule has 5 atom stereocenters. The van der Waals surface area contributed by atoms with Gasteiger partial charge in [0, 0.05) is 46.3 Å². The average Bonchev–Trinajstić information content (AvgIpc) is 2.78. The number of rotatable bonds is 11. The summed E-state index contributed by atoms with van der Waals surface area (Å²) in [6.45, 7) is 1.03. The van der Waals surface area contributed by atoms with E-state index in [0.717, 1.165) is 0 Å². The number of ketones is 1. The van der Waals surface area contributed by atoms with Crippen molar-refractivity contribution in [3.8, 4) is 0 Å². The molecule has 13 heteroatoms. The van der Waals surface area contributed by atoms with Crippen molar-refractivity contribution in [2.45, 2.75) is 63.3 Å². The van der Waals surface area contributed by atoms with Gasteiger partial charge in [0.15, 0.2) is 6.29 Å². The fourth-order valence-corrected chi connectivity index (χ4v) is 2.43. The highest BCUT2D eigenvalue weighted by Crippen LogP contribution is 2.21. The summed E-state index contributed by atoms with van der Waals surface area (Å²) in [6, 6.07) is 0. The number of Topliss-reactive ketones (excluding diaryl/α,β-unsaturated/α-hetero) is 1. The van der Waals surface area contributed by atoms with Crippen molar-refractivity contribution in [2.24, 2.45) is 0 Å². The summed E-state index contributed by atoms with van der Waals surface area (Å²) in [4.78, 5) is 43.2. The first-order valence-corrected chi connectivity index (χ1v) is 10.2. The molecule has 7 N–H and O–H groups in total. The number of carbonyl (C=O) groups excluding carboxylic acids is 4. The van der Waals surface area contributed by atoms with E-state index in [9.17, 15) is 34.5 Å². The molecular weight excluding hydrogens is 430 g/mol. The van der Waals surface area contributed by atoms with Crippen LogP contribution in [-0.4, -0.2) is 108 Å². The second-order valence-electron chi connectivity index (χ2n) is 6.97. The first-order chi connectivity index (χ1) is 15.1. The molecule has 0 aromatic heterocycles. The third-order valence-electron chi connectivity index (χ3n) is 4.40. The second kappa shape index (κ2) is 16.5. The third kappa shape index (κ3) is 12.0. The van der Waals surface area contributed by atoms with Crippen LogP contribution >= 0.6 is 0 Å². The molecule has 1 heterocycles. The second-order valence-corrected chi connectivity index (χ2v) is 6.97. The molecule has 3 amide bonds. The van der Waals surface area contributed by atoms with Crippen LogP contribution < -0.4 is 16.0 Å². The van der Waals surface area contributed by atoms with E-state index in [4.69, 9.17) is 14.6 Å². The molecule has 0 aromatic rings. The summed E-state index contributed by atoms with van der Waals surface area (Å²) >= 11 is 0. The number of ether oxygens (including phenoxy) is 2. The maximum Gasteiger partial charge on any atom is 0.220 e. The first kappa shape index (κ1) is 29.8. The van der Waals surface area contributed by atoms with Crippen LogP contribution in [0.5, 0.6) is 0 Å². The number of amides is 3. The van der Waals surface area contributed by atoms with Crippen LogP contribution in [0.1, 0.15) is 32.6 Å². The number of aliphatic hydroxyl groups excluding tert-OH is 4. The van der Waals surface area contributed by atoms with Gasteiger partial charge in [-0.05, 0) is 6.92 Å². The Kier molecular flexibility index (Phi) is 15.4. The van der Waals surface area contributed by atoms with E-state index in [-0.39, 0.29) is 49.5 Å². The molecule has 1 aliphatic heterocycles. The van der Waals surface area contributed by atoms with Gasteiger partial charge in [0.2, 0.25) is 17.7 Å². The zero-order valence-electron chi connectivity index (χ0n) is 18.6. The Balaban J connectivity index is 0.000000900. The number of carbonyl (C=O) groups is 4. The molecule has 1 saturated heterocycles. The van der Waals surface area contributed by atoms with Crippen molar-refractivity contribution in [3.63, 3.8) is 0 Å². The molecule has 1 aliphatic rings. The van der Waals surface area contributed by atoms with Crippen molar-refractivity contribution in [2.75, 3.05) is 33.9 Å². The highest BCUT2D eigenvalue weighted by atomic mass is 16.7. The molecule has 0 bridgehead atoms. The summed E-state index contributed by atoms with van der Waals surface area (Å²) in [5, 5.41) is 45.3. The Morgan fingerprint density at radius 2 is 1.38 bits per heavy atom. The summed E-state index contributed by atoms with van der Waals surface area (Å²) in [5.74, 6) is -0.590. The van der Waals surface area contributed by atoms with E-state index in [1.165, 1.54) is 14.0 Å². The van der Waals surface area contributed by atoms with Crippen LogP contribution in [0.3, 0.4) is 0 Å². The SMILES string of the molecule is CNC(=O)CCC(=O)NCCO[C@@H]1OC(CO)[C@@H](O)[C@H](O)C1O.CNC(=O)CCC(C)=O. The van der Waals surface area contributed by atoms with Gasteiger partial charge in [-0.2, -0.15) is 0 Å². The fourth-order valence-electron chi connectivity index (χ4n) is 2.43. The zero-order valence-corrected chi connectivity index (χ0v) is 18.6. The van der Waals surface area contributed by atoms with E-state index in [0.29, 0.717) is 12.8 Å². The van der Waals surface area contributed by atoms with Gasteiger partial charge < -0.3 is 50.6 Å². The lowest BCUT2D eigenvalue weighted by atomic mass is 9.99. The van der Waals surface area contributed by atoms with Crippen LogP contribution in [0.2, 0.25) is 0 Å².